The molecule has 0 N–H and O–H groups in total. The summed E-state index contributed by atoms with van der Waals surface area (Å²) in [5.74, 6) is 6.09. The number of rotatable bonds is 4. The fourth-order valence-corrected chi connectivity index (χ4v) is 4.96. The molecule has 1 aromatic heterocycles. The minimum atomic E-state index is -0.796. The summed E-state index contributed by atoms with van der Waals surface area (Å²) in [6.07, 6.45) is 0.505. The van der Waals surface area contributed by atoms with Gasteiger partial charge in [-0.25, -0.2) is 4.68 Å². The van der Waals surface area contributed by atoms with Gasteiger partial charge in [-0.1, -0.05) is 53.8 Å². The number of amides is 2. The molecule has 0 saturated carbocycles. The van der Waals surface area contributed by atoms with E-state index in [1.807, 2.05) is 69.3 Å². The van der Waals surface area contributed by atoms with Gasteiger partial charge in [0.25, 0.3) is 11.8 Å². The standard InChI is InChI=1S/C30H31ClN4O4/c1-30(2,3)39-16-8-11-20-12-13-23-25(17-20)38-19-24(28(36)33(23)4)34-15-14-22-26(29(34)37)32-35(27(22)31)18-21-9-6-5-7-10-21/h5-7,9-10,12-13,17,24H,14-16,18-19H2,1-4H3/t24-/m1/s1. The summed E-state index contributed by atoms with van der Waals surface area (Å²) in [6, 6.07) is 14.5. The van der Waals surface area contributed by atoms with E-state index in [4.69, 9.17) is 21.1 Å². The van der Waals surface area contributed by atoms with Gasteiger partial charge in [0.1, 0.15) is 30.2 Å². The summed E-state index contributed by atoms with van der Waals surface area (Å²) in [5.41, 5.74) is 3.14. The van der Waals surface area contributed by atoms with Gasteiger partial charge in [0.05, 0.1) is 17.8 Å². The van der Waals surface area contributed by atoms with Crippen molar-refractivity contribution in [1.82, 2.24) is 14.7 Å². The Hall–Kier alpha value is -3.80. The molecule has 0 unspecified atom stereocenters. The molecule has 5 rings (SSSR count). The van der Waals surface area contributed by atoms with Crippen molar-refractivity contribution in [2.24, 2.45) is 0 Å². The molecule has 2 aliphatic heterocycles. The zero-order valence-corrected chi connectivity index (χ0v) is 23.3. The van der Waals surface area contributed by atoms with E-state index in [0.29, 0.717) is 48.3 Å². The number of nitrogens with zero attached hydrogens (tertiary/aromatic N) is 4. The Kier molecular flexibility index (Phi) is 7.39. The topological polar surface area (TPSA) is 76.9 Å². The lowest BCUT2D eigenvalue weighted by atomic mass is 10.0. The first-order valence-electron chi connectivity index (χ1n) is 12.9. The van der Waals surface area contributed by atoms with Gasteiger partial charge in [0.15, 0.2) is 5.69 Å². The lowest BCUT2D eigenvalue weighted by Gasteiger charge is -2.33. The van der Waals surface area contributed by atoms with Gasteiger partial charge < -0.3 is 19.3 Å². The maximum Gasteiger partial charge on any atom is 0.275 e. The third kappa shape index (κ3) is 5.65. The number of fused-ring (bicyclic) bond motifs is 2. The van der Waals surface area contributed by atoms with E-state index in [2.05, 4.69) is 16.9 Å². The zero-order chi connectivity index (χ0) is 27.7. The smallest absolute Gasteiger partial charge is 0.275 e. The highest BCUT2D eigenvalue weighted by Gasteiger charge is 2.40. The quantitative estimate of drug-likeness (QED) is 0.459. The molecule has 3 aromatic rings. The molecular weight excluding hydrogens is 516 g/mol. The summed E-state index contributed by atoms with van der Waals surface area (Å²) in [5, 5.41) is 5.00. The van der Waals surface area contributed by atoms with E-state index in [-0.39, 0.29) is 29.7 Å². The first-order chi connectivity index (χ1) is 18.6. The van der Waals surface area contributed by atoms with Crippen LogP contribution in [-0.2, 0) is 22.5 Å². The maximum atomic E-state index is 13.6. The molecule has 0 saturated heterocycles. The number of carbonyl (C=O) groups is 2. The number of hydrogen-bond donors (Lipinski definition) is 0. The summed E-state index contributed by atoms with van der Waals surface area (Å²) in [6.45, 7) is 7.08. The minimum absolute atomic E-state index is 0.0275. The van der Waals surface area contributed by atoms with Gasteiger partial charge in [-0.15, -0.1) is 0 Å². The molecule has 0 aliphatic carbocycles. The largest absolute Gasteiger partial charge is 0.489 e. The Balaban J connectivity index is 1.34. The number of carbonyl (C=O) groups excluding carboxylic acids is 2. The Morgan fingerprint density at radius 1 is 1.15 bits per heavy atom. The Morgan fingerprint density at radius 3 is 2.67 bits per heavy atom. The minimum Gasteiger partial charge on any atom is -0.489 e. The fourth-order valence-electron chi connectivity index (χ4n) is 4.68. The van der Waals surface area contributed by atoms with Gasteiger partial charge >= 0.3 is 0 Å². The number of aromatic nitrogens is 2. The summed E-state index contributed by atoms with van der Waals surface area (Å²) < 4.78 is 13.4. The average Bonchev–Trinajstić information content (AvgIpc) is 3.16. The molecule has 0 spiro atoms. The molecule has 202 valence electrons. The lowest BCUT2D eigenvalue weighted by molar-refractivity contribution is -0.123. The number of anilines is 1. The Labute approximate surface area is 233 Å². The number of halogens is 1. The Bertz CT molecular complexity index is 1470. The SMILES string of the molecule is CN1C(=O)[C@H](N2CCc3c(nn(Cc4ccccc4)c3Cl)C2=O)COc2cc(C#CCOC(C)(C)C)ccc21. The van der Waals surface area contributed by atoms with Crippen LogP contribution in [0.3, 0.4) is 0 Å². The molecule has 9 heteroatoms. The molecule has 8 nitrogen and oxygen atoms in total. The number of ether oxygens (including phenoxy) is 2. The van der Waals surface area contributed by atoms with E-state index in [1.165, 1.54) is 4.90 Å². The molecule has 1 atom stereocenters. The van der Waals surface area contributed by atoms with Crippen molar-refractivity contribution in [1.29, 1.82) is 0 Å². The third-order valence-corrected chi connectivity index (χ3v) is 7.17. The second-order valence-electron chi connectivity index (χ2n) is 10.6. The molecule has 2 aliphatic rings. The molecule has 2 aromatic carbocycles. The predicted molar refractivity (Wildman–Crippen MR) is 149 cm³/mol. The third-order valence-electron chi connectivity index (χ3n) is 6.74. The monoisotopic (exact) mass is 546 g/mol. The molecule has 39 heavy (non-hydrogen) atoms. The fraction of sp³-hybridized carbons (Fsp3) is 0.367. The normalized spacial score (nSPS) is 17.1. The van der Waals surface area contributed by atoms with Crippen LogP contribution in [-0.4, -0.2) is 64.9 Å². The van der Waals surface area contributed by atoms with Crippen LogP contribution in [0.4, 0.5) is 5.69 Å². The van der Waals surface area contributed by atoms with Gasteiger partial charge in [-0.05, 0) is 51.0 Å². The van der Waals surface area contributed by atoms with E-state index < -0.39 is 6.04 Å². The van der Waals surface area contributed by atoms with Crippen LogP contribution in [0, 0.1) is 11.8 Å². The molecule has 0 radical (unpaired) electrons. The number of hydrogen-bond acceptors (Lipinski definition) is 5. The van der Waals surface area contributed by atoms with Crippen molar-refractivity contribution in [2.75, 3.05) is 31.7 Å². The van der Waals surface area contributed by atoms with Crippen molar-refractivity contribution in [3.63, 3.8) is 0 Å². The van der Waals surface area contributed by atoms with E-state index in [0.717, 1.165) is 11.1 Å². The summed E-state index contributed by atoms with van der Waals surface area (Å²) >= 11 is 6.62. The van der Waals surface area contributed by atoms with Crippen LogP contribution in [0.2, 0.25) is 5.15 Å². The van der Waals surface area contributed by atoms with Gasteiger partial charge in [0.2, 0.25) is 0 Å². The number of benzene rings is 2. The highest BCUT2D eigenvalue weighted by atomic mass is 35.5. The van der Waals surface area contributed by atoms with Gasteiger partial charge in [-0.2, -0.15) is 5.10 Å². The van der Waals surface area contributed by atoms with Crippen LogP contribution in [0.15, 0.2) is 48.5 Å². The number of likely N-dealkylation sites (N-methyl/N-ethyl adjacent to an activating group) is 1. The van der Waals surface area contributed by atoms with Crippen LogP contribution in [0.5, 0.6) is 5.75 Å². The highest BCUT2D eigenvalue weighted by molar-refractivity contribution is 6.31. The van der Waals surface area contributed by atoms with Crippen LogP contribution >= 0.6 is 11.6 Å². The van der Waals surface area contributed by atoms with Crippen molar-refractivity contribution >= 4 is 29.1 Å². The van der Waals surface area contributed by atoms with Crippen LogP contribution in [0.25, 0.3) is 0 Å². The highest BCUT2D eigenvalue weighted by Crippen LogP contribution is 2.34. The van der Waals surface area contributed by atoms with Crippen molar-refractivity contribution in [3.8, 4) is 17.6 Å². The van der Waals surface area contributed by atoms with Gasteiger partial charge in [0, 0.05) is 24.7 Å². The lowest BCUT2D eigenvalue weighted by Crippen LogP contribution is -2.54. The average molecular weight is 547 g/mol. The molecule has 3 heterocycles. The molecular formula is C30H31ClN4O4. The van der Waals surface area contributed by atoms with E-state index in [9.17, 15) is 9.59 Å². The summed E-state index contributed by atoms with van der Waals surface area (Å²) in [4.78, 5) is 30.2. The molecule has 0 bridgehead atoms. The van der Waals surface area contributed by atoms with Gasteiger partial charge in [-0.3, -0.25) is 9.59 Å². The first-order valence-corrected chi connectivity index (χ1v) is 13.3. The molecule has 0 fully saturated rings. The van der Waals surface area contributed by atoms with Crippen LogP contribution < -0.4 is 9.64 Å². The predicted octanol–water partition coefficient (Wildman–Crippen LogP) is 4.17. The zero-order valence-electron chi connectivity index (χ0n) is 22.5. The summed E-state index contributed by atoms with van der Waals surface area (Å²) in [7, 11) is 1.69. The van der Waals surface area contributed by atoms with E-state index >= 15 is 0 Å². The van der Waals surface area contributed by atoms with Crippen molar-refractivity contribution < 1.29 is 19.1 Å². The molecule has 2 amide bonds. The van der Waals surface area contributed by atoms with Crippen molar-refractivity contribution in [2.45, 2.75) is 45.4 Å². The maximum absolute atomic E-state index is 13.6. The first kappa shape index (κ1) is 26.8. The van der Waals surface area contributed by atoms with E-state index in [1.54, 1.807) is 16.6 Å². The van der Waals surface area contributed by atoms with Crippen LogP contribution in [0.1, 0.15) is 48.0 Å². The Morgan fingerprint density at radius 2 is 1.92 bits per heavy atom. The second-order valence-corrected chi connectivity index (χ2v) is 11.0. The second kappa shape index (κ2) is 10.8. The van der Waals surface area contributed by atoms with Crippen molar-refractivity contribution in [3.05, 3.63) is 76.1 Å².